The fourth-order valence-corrected chi connectivity index (χ4v) is 0.639. The van der Waals surface area contributed by atoms with Gasteiger partial charge in [0.05, 0.1) is 0 Å². The summed E-state index contributed by atoms with van der Waals surface area (Å²) in [5, 5.41) is 0. The minimum atomic E-state index is 0.795. The van der Waals surface area contributed by atoms with Gasteiger partial charge in [0.15, 0.2) is 16.3 Å². The van der Waals surface area contributed by atoms with Gasteiger partial charge < -0.3 is 3.83 Å². The molecule has 1 nitrogen and oxygen atoms in total. The van der Waals surface area contributed by atoms with Gasteiger partial charge in [-0.1, -0.05) is 12.1 Å². The van der Waals surface area contributed by atoms with E-state index in [0.29, 0.717) is 0 Å². The van der Waals surface area contributed by atoms with Gasteiger partial charge in [-0.25, -0.2) is 0 Å². The Balaban J connectivity index is 2.83. The minimum Gasteiger partial charge on any atom is -0.418 e. The summed E-state index contributed by atoms with van der Waals surface area (Å²) in [5.41, 5.74) is 0. The summed E-state index contributed by atoms with van der Waals surface area (Å²) in [7, 11) is 0. The van der Waals surface area contributed by atoms with Crippen molar-refractivity contribution >= 4 is 16.3 Å². The van der Waals surface area contributed by atoms with E-state index in [4.69, 9.17) is 3.83 Å². The molecule has 0 N–H and O–H groups in total. The topological polar surface area (TPSA) is 9.23 Å². The number of hydrogen-bond acceptors (Lipinski definition) is 1. The Hall–Kier alpha value is -0.500. The Morgan fingerprint density at radius 3 is 2.38 bits per heavy atom. The first-order valence-corrected chi connectivity index (χ1v) is 2.83. The molecule has 0 amide bonds. The zero-order chi connectivity index (χ0) is 5.82. The predicted molar refractivity (Wildman–Crippen MR) is 34.8 cm³/mol. The van der Waals surface area contributed by atoms with Crippen molar-refractivity contribution in [2.45, 2.75) is 0 Å². The Labute approximate surface area is 56.7 Å². The lowest BCUT2D eigenvalue weighted by Crippen LogP contribution is -1.68. The molecule has 0 spiro atoms. The van der Waals surface area contributed by atoms with Crippen LogP contribution in [0.1, 0.15) is 0 Å². The molecule has 0 saturated carbocycles. The Morgan fingerprint density at radius 1 is 1.38 bits per heavy atom. The van der Waals surface area contributed by atoms with E-state index in [2.05, 4.69) is 22.3 Å². The number of halogens is 1. The van der Waals surface area contributed by atoms with Gasteiger partial charge in [-0.3, -0.25) is 0 Å². The molecule has 1 aromatic rings. The molecule has 0 heterocycles. The first kappa shape index (κ1) is 5.63. The van der Waals surface area contributed by atoms with Gasteiger partial charge in [0, 0.05) is 0 Å². The van der Waals surface area contributed by atoms with E-state index in [1.165, 1.54) is 0 Å². The summed E-state index contributed by atoms with van der Waals surface area (Å²) in [6.45, 7) is 0. The Kier molecular flexibility index (Phi) is 1.92. The van der Waals surface area contributed by atoms with Crippen LogP contribution in [0.3, 0.4) is 0 Å². The third-order valence-corrected chi connectivity index (χ3v) is 1.15. The highest BCUT2D eigenvalue weighted by atomic mass is 79.9. The fourth-order valence-electron chi connectivity index (χ4n) is 0.423. The van der Waals surface area contributed by atoms with Crippen molar-refractivity contribution < 1.29 is 3.83 Å². The smallest absolute Gasteiger partial charge is 0.179 e. The molecular formula is C6H4BrO. The standard InChI is InChI=1S/C6H4BrO/c7-8-6-4-2-1-3-5-6/h2-5H. The molecule has 0 aliphatic heterocycles. The maximum absolute atomic E-state index is 4.71. The maximum Gasteiger partial charge on any atom is 0.179 e. The predicted octanol–water partition coefficient (Wildman–Crippen LogP) is 2.18. The van der Waals surface area contributed by atoms with Crippen LogP contribution >= 0.6 is 16.3 Å². The van der Waals surface area contributed by atoms with Crippen molar-refractivity contribution in [3.8, 4) is 5.75 Å². The van der Waals surface area contributed by atoms with Gasteiger partial charge in [0.2, 0.25) is 0 Å². The highest BCUT2D eigenvalue weighted by Gasteiger charge is 1.82. The summed E-state index contributed by atoms with van der Waals surface area (Å²) in [5.74, 6) is 0.795. The highest BCUT2D eigenvalue weighted by molar-refractivity contribution is 9.06. The quantitative estimate of drug-likeness (QED) is 0.630. The van der Waals surface area contributed by atoms with Crippen LogP contribution in [0.15, 0.2) is 24.3 Å². The summed E-state index contributed by atoms with van der Waals surface area (Å²) >= 11 is 2.84. The second-order valence-corrected chi connectivity index (χ2v) is 1.64. The van der Waals surface area contributed by atoms with E-state index >= 15 is 0 Å². The van der Waals surface area contributed by atoms with Crippen LogP contribution in [-0.2, 0) is 0 Å². The minimum absolute atomic E-state index is 0.795. The number of benzene rings is 1. The second-order valence-electron chi connectivity index (χ2n) is 1.31. The molecule has 2 heteroatoms. The normalized spacial score (nSPS) is 8.62. The third kappa shape index (κ3) is 1.23. The molecule has 0 aliphatic carbocycles. The van der Waals surface area contributed by atoms with Crippen molar-refractivity contribution in [2.75, 3.05) is 0 Å². The first-order valence-electron chi connectivity index (χ1n) is 2.18. The number of rotatable bonds is 1. The molecule has 0 saturated heterocycles. The van der Waals surface area contributed by atoms with Gasteiger partial charge in [-0.15, -0.1) is 0 Å². The van der Waals surface area contributed by atoms with Gasteiger partial charge in [0.1, 0.15) is 5.75 Å². The summed E-state index contributed by atoms with van der Waals surface area (Å²) in [6, 6.07) is 10.1. The van der Waals surface area contributed by atoms with E-state index in [0.717, 1.165) is 5.75 Å². The van der Waals surface area contributed by atoms with Crippen LogP contribution in [0.4, 0.5) is 0 Å². The van der Waals surface area contributed by atoms with Crippen molar-refractivity contribution in [3.63, 3.8) is 0 Å². The molecular weight excluding hydrogens is 168 g/mol. The van der Waals surface area contributed by atoms with Crippen molar-refractivity contribution in [1.29, 1.82) is 0 Å². The van der Waals surface area contributed by atoms with Crippen LogP contribution in [0, 0.1) is 6.07 Å². The average Bonchev–Trinajstić information content (AvgIpc) is 1.90. The lowest BCUT2D eigenvalue weighted by molar-refractivity contribution is 0.678. The summed E-state index contributed by atoms with van der Waals surface area (Å²) < 4.78 is 4.71. The van der Waals surface area contributed by atoms with Gasteiger partial charge in [-0.05, 0) is 18.2 Å². The van der Waals surface area contributed by atoms with Crippen LogP contribution in [-0.4, -0.2) is 0 Å². The molecule has 0 bridgehead atoms. The summed E-state index contributed by atoms with van der Waals surface area (Å²) in [4.78, 5) is 0. The van der Waals surface area contributed by atoms with E-state index < -0.39 is 0 Å². The average molecular weight is 172 g/mol. The molecule has 1 rings (SSSR count). The monoisotopic (exact) mass is 171 g/mol. The molecule has 8 heavy (non-hydrogen) atoms. The zero-order valence-electron chi connectivity index (χ0n) is 4.10. The Bertz CT molecular complexity index is 150. The van der Waals surface area contributed by atoms with E-state index in [1.54, 1.807) is 12.1 Å². The zero-order valence-corrected chi connectivity index (χ0v) is 5.68. The maximum atomic E-state index is 4.71. The largest absolute Gasteiger partial charge is 0.418 e. The van der Waals surface area contributed by atoms with Gasteiger partial charge in [0.25, 0.3) is 0 Å². The van der Waals surface area contributed by atoms with Crippen molar-refractivity contribution in [2.24, 2.45) is 0 Å². The second kappa shape index (κ2) is 2.72. The first-order chi connectivity index (χ1) is 3.93. The van der Waals surface area contributed by atoms with Crippen LogP contribution < -0.4 is 3.83 Å². The van der Waals surface area contributed by atoms with E-state index in [-0.39, 0.29) is 0 Å². The van der Waals surface area contributed by atoms with Crippen molar-refractivity contribution in [1.82, 2.24) is 0 Å². The highest BCUT2D eigenvalue weighted by Crippen LogP contribution is 2.09. The molecule has 0 aromatic heterocycles. The molecule has 1 aromatic carbocycles. The lowest BCUT2D eigenvalue weighted by Gasteiger charge is -1.90. The van der Waals surface area contributed by atoms with Crippen LogP contribution in [0.5, 0.6) is 5.75 Å². The molecule has 0 atom stereocenters. The van der Waals surface area contributed by atoms with E-state index in [9.17, 15) is 0 Å². The molecule has 0 aliphatic rings. The van der Waals surface area contributed by atoms with Crippen molar-refractivity contribution in [3.05, 3.63) is 30.3 Å². The lowest BCUT2D eigenvalue weighted by atomic mass is 10.3. The SMILES string of the molecule is BrOc1cc[c]cc1. The van der Waals surface area contributed by atoms with Crippen LogP contribution in [0.2, 0.25) is 0 Å². The van der Waals surface area contributed by atoms with Gasteiger partial charge in [-0.2, -0.15) is 0 Å². The molecule has 41 valence electrons. The Morgan fingerprint density at radius 2 is 2.00 bits per heavy atom. The third-order valence-electron chi connectivity index (χ3n) is 0.777. The number of hydrogen-bond donors (Lipinski definition) is 0. The fraction of sp³-hybridized carbons (Fsp3) is 0. The molecule has 0 fully saturated rings. The van der Waals surface area contributed by atoms with Gasteiger partial charge >= 0.3 is 0 Å². The summed E-state index contributed by atoms with van der Waals surface area (Å²) in [6.07, 6.45) is 0. The van der Waals surface area contributed by atoms with Crippen LogP contribution in [0.25, 0.3) is 0 Å². The van der Waals surface area contributed by atoms with E-state index in [1.807, 2.05) is 12.1 Å². The molecule has 0 unspecified atom stereocenters. The molecule has 1 radical (unpaired) electrons.